The van der Waals surface area contributed by atoms with Crippen LogP contribution in [0.5, 0.6) is 0 Å². The number of carbonyl (C=O) groups excluding carboxylic acids is 2. The van der Waals surface area contributed by atoms with E-state index >= 15 is 0 Å². The number of nitrogens with zero attached hydrogens (tertiary/aromatic N) is 1. The standard InChI is InChI=1S/C14H24N2O3/c17-12-6-3-9-16(10-12)13(18)7-8-15-14(19)11-4-1-2-5-11/h11-12,17H,1-10H2,(H,15,19). The number of hydrogen-bond acceptors (Lipinski definition) is 3. The zero-order valence-electron chi connectivity index (χ0n) is 11.4. The molecule has 1 saturated carbocycles. The maximum absolute atomic E-state index is 11.9. The van der Waals surface area contributed by atoms with E-state index in [1.807, 2.05) is 0 Å². The van der Waals surface area contributed by atoms with Gasteiger partial charge in [-0.15, -0.1) is 0 Å². The Morgan fingerprint density at radius 3 is 2.58 bits per heavy atom. The van der Waals surface area contributed by atoms with Gasteiger partial charge in [0.15, 0.2) is 0 Å². The molecule has 1 aliphatic carbocycles. The summed E-state index contributed by atoms with van der Waals surface area (Å²) >= 11 is 0. The van der Waals surface area contributed by atoms with Gasteiger partial charge in [0.25, 0.3) is 0 Å². The number of aliphatic hydroxyl groups excluding tert-OH is 1. The van der Waals surface area contributed by atoms with Gasteiger partial charge in [-0.25, -0.2) is 0 Å². The molecule has 1 aliphatic heterocycles. The third kappa shape index (κ3) is 4.20. The van der Waals surface area contributed by atoms with E-state index in [-0.39, 0.29) is 23.8 Å². The lowest BCUT2D eigenvalue weighted by atomic mass is 10.1. The molecule has 1 heterocycles. The number of β-amino-alcohol motifs (C(OH)–C–C–N with tert-alkyl or cyclic N) is 1. The van der Waals surface area contributed by atoms with Crippen LogP contribution in [0.3, 0.4) is 0 Å². The first-order chi connectivity index (χ1) is 9.16. The van der Waals surface area contributed by atoms with Crippen molar-refractivity contribution >= 4 is 11.8 Å². The average Bonchev–Trinajstić information content (AvgIpc) is 2.92. The molecule has 0 aromatic carbocycles. The maximum Gasteiger partial charge on any atom is 0.224 e. The lowest BCUT2D eigenvalue weighted by molar-refractivity contribution is -0.134. The Morgan fingerprint density at radius 2 is 1.89 bits per heavy atom. The van der Waals surface area contributed by atoms with Gasteiger partial charge in [-0.05, 0) is 25.7 Å². The zero-order valence-corrected chi connectivity index (χ0v) is 11.4. The number of piperidine rings is 1. The van der Waals surface area contributed by atoms with E-state index in [2.05, 4.69) is 5.32 Å². The van der Waals surface area contributed by atoms with Gasteiger partial charge < -0.3 is 15.3 Å². The molecule has 1 atom stereocenters. The van der Waals surface area contributed by atoms with Gasteiger partial charge in [-0.2, -0.15) is 0 Å². The molecule has 0 bridgehead atoms. The number of rotatable bonds is 4. The van der Waals surface area contributed by atoms with Crippen molar-refractivity contribution in [1.82, 2.24) is 10.2 Å². The van der Waals surface area contributed by atoms with Gasteiger partial charge in [0, 0.05) is 32.0 Å². The highest BCUT2D eigenvalue weighted by atomic mass is 16.3. The molecule has 2 N–H and O–H groups in total. The first kappa shape index (κ1) is 14.3. The van der Waals surface area contributed by atoms with Crippen molar-refractivity contribution in [3.63, 3.8) is 0 Å². The van der Waals surface area contributed by atoms with Gasteiger partial charge in [-0.3, -0.25) is 9.59 Å². The lowest BCUT2D eigenvalue weighted by Gasteiger charge is -2.30. The third-order valence-corrected chi connectivity index (χ3v) is 4.11. The van der Waals surface area contributed by atoms with Crippen LogP contribution in [0, 0.1) is 5.92 Å². The Morgan fingerprint density at radius 1 is 1.16 bits per heavy atom. The first-order valence-electron chi connectivity index (χ1n) is 7.40. The molecule has 5 nitrogen and oxygen atoms in total. The fraction of sp³-hybridized carbons (Fsp3) is 0.857. The van der Waals surface area contributed by atoms with Crippen molar-refractivity contribution in [2.45, 2.75) is 51.0 Å². The van der Waals surface area contributed by atoms with E-state index in [0.717, 1.165) is 45.1 Å². The Balaban J connectivity index is 1.64. The van der Waals surface area contributed by atoms with Crippen LogP contribution >= 0.6 is 0 Å². The quantitative estimate of drug-likeness (QED) is 0.787. The maximum atomic E-state index is 11.9. The summed E-state index contributed by atoms with van der Waals surface area (Å²) in [7, 11) is 0. The minimum Gasteiger partial charge on any atom is -0.391 e. The minimum atomic E-state index is -0.384. The van der Waals surface area contributed by atoms with Crippen molar-refractivity contribution in [2.75, 3.05) is 19.6 Å². The Labute approximate surface area is 114 Å². The van der Waals surface area contributed by atoms with E-state index in [9.17, 15) is 14.7 Å². The van der Waals surface area contributed by atoms with Crippen LogP contribution in [0.4, 0.5) is 0 Å². The SMILES string of the molecule is O=C(NCCC(=O)N1CCCC(O)C1)C1CCCC1. The van der Waals surface area contributed by atoms with Crippen molar-refractivity contribution < 1.29 is 14.7 Å². The number of nitrogens with one attached hydrogen (secondary N) is 1. The monoisotopic (exact) mass is 268 g/mol. The molecule has 2 aliphatic rings. The third-order valence-electron chi connectivity index (χ3n) is 4.11. The van der Waals surface area contributed by atoms with Crippen molar-refractivity contribution in [1.29, 1.82) is 0 Å². The van der Waals surface area contributed by atoms with E-state index in [0.29, 0.717) is 19.5 Å². The second-order valence-electron chi connectivity index (χ2n) is 5.66. The number of amides is 2. The summed E-state index contributed by atoms with van der Waals surface area (Å²) in [5.41, 5.74) is 0. The molecule has 0 radical (unpaired) electrons. The van der Waals surface area contributed by atoms with Gasteiger partial charge in [-0.1, -0.05) is 12.8 Å². The average molecular weight is 268 g/mol. The molecule has 0 aromatic heterocycles. The molecule has 0 spiro atoms. The Hall–Kier alpha value is -1.10. The number of aliphatic hydroxyl groups is 1. The van der Waals surface area contributed by atoms with Gasteiger partial charge in [0.2, 0.25) is 11.8 Å². The van der Waals surface area contributed by atoms with Gasteiger partial charge >= 0.3 is 0 Å². The molecule has 5 heteroatoms. The number of hydrogen-bond donors (Lipinski definition) is 2. The Bertz CT molecular complexity index is 327. The predicted molar refractivity (Wildman–Crippen MR) is 71.4 cm³/mol. The molecular formula is C14H24N2O3. The molecule has 2 amide bonds. The molecule has 2 fully saturated rings. The lowest BCUT2D eigenvalue weighted by Crippen LogP contribution is -2.43. The van der Waals surface area contributed by atoms with Gasteiger partial charge in [0.05, 0.1) is 6.10 Å². The van der Waals surface area contributed by atoms with Crippen molar-refractivity contribution in [2.24, 2.45) is 5.92 Å². The number of carbonyl (C=O) groups is 2. The summed E-state index contributed by atoms with van der Waals surface area (Å²) in [4.78, 5) is 25.4. The highest BCUT2D eigenvalue weighted by molar-refractivity contribution is 5.80. The van der Waals surface area contributed by atoms with E-state index in [4.69, 9.17) is 0 Å². The summed E-state index contributed by atoms with van der Waals surface area (Å²) in [6.45, 7) is 1.59. The largest absolute Gasteiger partial charge is 0.391 e. The van der Waals surface area contributed by atoms with Crippen LogP contribution < -0.4 is 5.32 Å². The first-order valence-corrected chi connectivity index (χ1v) is 7.40. The van der Waals surface area contributed by atoms with E-state index in [1.165, 1.54) is 0 Å². The predicted octanol–water partition coefficient (Wildman–Crippen LogP) is 0.666. The van der Waals surface area contributed by atoms with Crippen LogP contribution in [0.25, 0.3) is 0 Å². The van der Waals surface area contributed by atoms with Crippen LogP contribution in [0.1, 0.15) is 44.9 Å². The fourth-order valence-electron chi connectivity index (χ4n) is 2.96. The van der Waals surface area contributed by atoms with E-state index < -0.39 is 0 Å². The molecule has 2 rings (SSSR count). The van der Waals surface area contributed by atoms with Crippen LogP contribution in [-0.4, -0.2) is 47.6 Å². The Kier molecular flexibility index (Phi) is 5.19. The molecular weight excluding hydrogens is 244 g/mol. The summed E-state index contributed by atoms with van der Waals surface area (Å²) < 4.78 is 0. The second kappa shape index (κ2) is 6.89. The summed E-state index contributed by atoms with van der Waals surface area (Å²) in [5, 5.41) is 12.4. The molecule has 1 unspecified atom stereocenters. The van der Waals surface area contributed by atoms with Crippen molar-refractivity contribution in [3.8, 4) is 0 Å². The van der Waals surface area contributed by atoms with Crippen LogP contribution in [-0.2, 0) is 9.59 Å². The van der Waals surface area contributed by atoms with Crippen molar-refractivity contribution in [3.05, 3.63) is 0 Å². The summed E-state index contributed by atoms with van der Waals surface area (Å²) in [5.74, 6) is 0.293. The summed E-state index contributed by atoms with van der Waals surface area (Å²) in [6, 6.07) is 0. The zero-order chi connectivity index (χ0) is 13.7. The second-order valence-corrected chi connectivity index (χ2v) is 5.66. The molecule has 0 aromatic rings. The normalized spacial score (nSPS) is 24.5. The number of likely N-dealkylation sites (tertiary alicyclic amines) is 1. The smallest absolute Gasteiger partial charge is 0.224 e. The molecule has 1 saturated heterocycles. The highest BCUT2D eigenvalue weighted by Gasteiger charge is 2.24. The minimum absolute atomic E-state index is 0.0328. The van der Waals surface area contributed by atoms with E-state index in [1.54, 1.807) is 4.90 Å². The molecule has 19 heavy (non-hydrogen) atoms. The van der Waals surface area contributed by atoms with Crippen LogP contribution in [0.2, 0.25) is 0 Å². The van der Waals surface area contributed by atoms with Gasteiger partial charge in [0.1, 0.15) is 0 Å². The fourth-order valence-corrected chi connectivity index (χ4v) is 2.96. The summed E-state index contributed by atoms with van der Waals surface area (Å²) in [6.07, 6.45) is 5.85. The molecule has 108 valence electrons. The van der Waals surface area contributed by atoms with Crippen LogP contribution in [0.15, 0.2) is 0 Å². The highest BCUT2D eigenvalue weighted by Crippen LogP contribution is 2.24. The topological polar surface area (TPSA) is 69.6 Å².